The summed E-state index contributed by atoms with van der Waals surface area (Å²) >= 11 is 0. The van der Waals surface area contributed by atoms with Gasteiger partial charge < -0.3 is 10.4 Å². The van der Waals surface area contributed by atoms with Crippen molar-refractivity contribution in [2.45, 2.75) is 26.7 Å². The average Bonchev–Trinajstić information content (AvgIpc) is 2.46. The summed E-state index contributed by atoms with van der Waals surface area (Å²) in [6, 6.07) is 3.73. The summed E-state index contributed by atoms with van der Waals surface area (Å²) in [5, 5.41) is 19.6. The predicted molar refractivity (Wildman–Crippen MR) is 75.2 cm³/mol. The van der Waals surface area contributed by atoms with Gasteiger partial charge in [-0.1, -0.05) is 13.8 Å². The highest BCUT2D eigenvalue weighted by Crippen LogP contribution is 2.18. The van der Waals surface area contributed by atoms with Gasteiger partial charge in [0.1, 0.15) is 5.82 Å². The molecule has 0 aliphatic carbocycles. The van der Waals surface area contributed by atoms with Gasteiger partial charge >= 0.3 is 5.97 Å². The van der Waals surface area contributed by atoms with Crippen LogP contribution in [0.15, 0.2) is 18.2 Å². The van der Waals surface area contributed by atoms with Crippen molar-refractivity contribution in [2.24, 2.45) is 0 Å². The minimum Gasteiger partial charge on any atom is -0.478 e. The molecule has 0 saturated carbocycles. The Balaban J connectivity index is 2.26. The number of rotatable bonds is 5. The van der Waals surface area contributed by atoms with Crippen molar-refractivity contribution >= 4 is 17.6 Å². The van der Waals surface area contributed by atoms with Gasteiger partial charge in [0.25, 0.3) is 0 Å². The van der Waals surface area contributed by atoms with Gasteiger partial charge in [-0.2, -0.15) is 0 Å². The maximum absolute atomic E-state index is 13.6. The second-order valence-corrected chi connectivity index (χ2v) is 4.36. The maximum atomic E-state index is 13.6. The number of hydrogen-bond donors (Lipinski definition) is 2. The monoisotopic (exact) mass is 290 g/mol. The molecule has 1 aromatic carbocycles. The third-order valence-electron chi connectivity index (χ3n) is 2.96. The molecule has 0 aliphatic rings. The summed E-state index contributed by atoms with van der Waals surface area (Å²) in [6.45, 7) is 3.94. The number of hydrogen-bond acceptors (Lipinski definition) is 5. The Morgan fingerprint density at radius 1 is 1.24 bits per heavy atom. The number of carboxylic acid groups (broad SMARTS) is 1. The van der Waals surface area contributed by atoms with Crippen molar-refractivity contribution in [1.29, 1.82) is 0 Å². The highest BCUT2D eigenvalue weighted by molar-refractivity contribution is 5.88. The highest BCUT2D eigenvalue weighted by Gasteiger charge is 2.11. The fourth-order valence-electron chi connectivity index (χ4n) is 1.89. The summed E-state index contributed by atoms with van der Waals surface area (Å²) in [5.41, 5.74) is 1.65. The molecule has 2 aromatic rings. The molecule has 0 aliphatic heterocycles. The predicted octanol–water partition coefficient (Wildman–Crippen LogP) is 2.58. The summed E-state index contributed by atoms with van der Waals surface area (Å²) < 4.78 is 13.6. The highest BCUT2D eigenvalue weighted by atomic mass is 19.1. The molecular formula is C14H15FN4O2. The largest absolute Gasteiger partial charge is 0.478 e. The lowest BCUT2D eigenvalue weighted by molar-refractivity contribution is 0.0692. The third-order valence-corrected chi connectivity index (χ3v) is 2.96. The molecule has 0 unspecified atom stereocenters. The van der Waals surface area contributed by atoms with Crippen LogP contribution in [0.4, 0.5) is 16.0 Å². The number of nitrogens with zero attached hydrogens (tertiary/aromatic N) is 3. The van der Waals surface area contributed by atoms with Crippen LogP contribution in [-0.4, -0.2) is 26.3 Å². The number of aromatic nitrogens is 3. The minimum atomic E-state index is -1.31. The Bertz CT molecular complexity index is 676. The number of halogens is 1. The van der Waals surface area contributed by atoms with Crippen molar-refractivity contribution < 1.29 is 14.3 Å². The maximum Gasteiger partial charge on any atom is 0.338 e. The van der Waals surface area contributed by atoms with Crippen molar-refractivity contribution in [2.75, 3.05) is 5.32 Å². The number of anilines is 2. The molecule has 0 fully saturated rings. The van der Waals surface area contributed by atoms with Gasteiger partial charge in [0.05, 0.1) is 17.0 Å². The van der Waals surface area contributed by atoms with E-state index in [4.69, 9.17) is 5.11 Å². The first-order valence-corrected chi connectivity index (χ1v) is 6.57. The molecule has 0 bridgehead atoms. The van der Waals surface area contributed by atoms with Gasteiger partial charge in [0, 0.05) is 5.69 Å². The fraction of sp³-hybridized carbons (Fsp3) is 0.286. The van der Waals surface area contributed by atoms with E-state index in [2.05, 4.69) is 20.5 Å². The zero-order valence-electron chi connectivity index (χ0n) is 11.7. The SMILES string of the molecule is CCc1nnc(Nc2ccc(C(=O)O)c(F)c2)nc1CC. The van der Waals surface area contributed by atoms with Crippen LogP contribution in [0, 0.1) is 5.82 Å². The van der Waals surface area contributed by atoms with E-state index in [1.165, 1.54) is 12.1 Å². The molecule has 7 heteroatoms. The molecule has 110 valence electrons. The topological polar surface area (TPSA) is 88.0 Å². The summed E-state index contributed by atoms with van der Waals surface area (Å²) in [7, 11) is 0. The first-order valence-electron chi connectivity index (χ1n) is 6.57. The lowest BCUT2D eigenvalue weighted by atomic mass is 10.2. The van der Waals surface area contributed by atoms with Crippen molar-refractivity contribution in [3.05, 3.63) is 41.0 Å². The number of carboxylic acids is 1. The normalized spacial score (nSPS) is 10.4. The molecule has 2 rings (SSSR count). The van der Waals surface area contributed by atoms with Crippen molar-refractivity contribution in [3.8, 4) is 0 Å². The number of nitrogens with one attached hydrogen (secondary N) is 1. The van der Waals surface area contributed by atoms with Gasteiger partial charge in [-0.25, -0.2) is 14.2 Å². The molecule has 1 aromatic heterocycles. The number of aromatic carboxylic acids is 1. The van der Waals surface area contributed by atoms with Crippen LogP contribution in [-0.2, 0) is 12.8 Å². The minimum absolute atomic E-state index is 0.256. The summed E-state index contributed by atoms with van der Waals surface area (Å²) in [6.07, 6.45) is 1.46. The average molecular weight is 290 g/mol. The second kappa shape index (κ2) is 6.25. The van der Waals surface area contributed by atoms with E-state index >= 15 is 0 Å². The smallest absolute Gasteiger partial charge is 0.338 e. The first kappa shape index (κ1) is 14.8. The summed E-state index contributed by atoms with van der Waals surface area (Å²) in [4.78, 5) is 15.1. The molecule has 6 nitrogen and oxygen atoms in total. The van der Waals surface area contributed by atoms with Gasteiger partial charge in [-0.15, -0.1) is 10.2 Å². The molecule has 0 spiro atoms. The third kappa shape index (κ3) is 3.31. The fourth-order valence-corrected chi connectivity index (χ4v) is 1.89. The van der Waals surface area contributed by atoms with Gasteiger partial charge in [0.15, 0.2) is 0 Å². The summed E-state index contributed by atoms with van der Waals surface area (Å²) in [5.74, 6) is -1.87. The molecule has 0 radical (unpaired) electrons. The van der Waals surface area contributed by atoms with Crippen LogP contribution in [0.5, 0.6) is 0 Å². The quantitative estimate of drug-likeness (QED) is 0.880. The zero-order chi connectivity index (χ0) is 15.4. The Labute approximate surface area is 121 Å². The Morgan fingerprint density at radius 3 is 2.52 bits per heavy atom. The van der Waals surface area contributed by atoms with Gasteiger partial charge in [-0.3, -0.25) is 0 Å². The van der Waals surface area contributed by atoms with Gasteiger partial charge in [-0.05, 0) is 31.0 Å². The first-order chi connectivity index (χ1) is 10.0. The van der Waals surface area contributed by atoms with Crippen molar-refractivity contribution in [3.63, 3.8) is 0 Å². The number of carbonyl (C=O) groups is 1. The molecule has 1 heterocycles. The molecule has 0 atom stereocenters. The molecule has 2 N–H and O–H groups in total. The van der Waals surface area contributed by atoms with Crippen molar-refractivity contribution in [1.82, 2.24) is 15.2 Å². The van der Waals surface area contributed by atoms with E-state index in [9.17, 15) is 9.18 Å². The van der Waals surface area contributed by atoms with Crippen LogP contribution in [0.1, 0.15) is 35.6 Å². The van der Waals surface area contributed by atoms with E-state index in [-0.39, 0.29) is 11.5 Å². The van der Waals surface area contributed by atoms with Crippen LogP contribution in [0.2, 0.25) is 0 Å². The Kier molecular flexibility index (Phi) is 4.42. The standard InChI is InChI=1S/C14H15FN4O2/c1-3-11-12(4-2)18-19-14(17-11)16-8-5-6-9(13(20)21)10(15)7-8/h5-7H,3-4H2,1-2H3,(H,20,21)(H,16,17,19). The van der Waals surface area contributed by atoms with Crippen LogP contribution in [0.3, 0.4) is 0 Å². The Hall–Kier alpha value is -2.57. The van der Waals surface area contributed by atoms with Crippen LogP contribution in [0.25, 0.3) is 0 Å². The second-order valence-electron chi connectivity index (χ2n) is 4.36. The van der Waals surface area contributed by atoms with Gasteiger partial charge in [0.2, 0.25) is 5.95 Å². The lowest BCUT2D eigenvalue weighted by Gasteiger charge is -2.08. The van der Waals surface area contributed by atoms with E-state index in [1.807, 2.05) is 13.8 Å². The van der Waals surface area contributed by atoms with Crippen LogP contribution < -0.4 is 5.32 Å². The number of aryl methyl sites for hydroxylation is 2. The van der Waals surface area contributed by atoms with E-state index in [0.29, 0.717) is 5.69 Å². The molecule has 21 heavy (non-hydrogen) atoms. The Morgan fingerprint density at radius 2 is 1.95 bits per heavy atom. The van der Waals surface area contributed by atoms with E-state index in [1.54, 1.807) is 0 Å². The number of benzene rings is 1. The molecule has 0 amide bonds. The zero-order valence-corrected chi connectivity index (χ0v) is 11.7. The molecule has 0 saturated heterocycles. The van der Waals surface area contributed by atoms with E-state index < -0.39 is 11.8 Å². The molecular weight excluding hydrogens is 275 g/mol. The van der Waals surface area contributed by atoms with Crippen LogP contribution >= 0.6 is 0 Å². The lowest BCUT2D eigenvalue weighted by Crippen LogP contribution is -2.07. The van der Waals surface area contributed by atoms with E-state index in [0.717, 1.165) is 30.3 Å².